The number of benzene rings is 1. The Labute approximate surface area is 102 Å². The van der Waals surface area contributed by atoms with Gasteiger partial charge in [0, 0.05) is 4.90 Å². The summed E-state index contributed by atoms with van der Waals surface area (Å²) < 4.78 is 0. The van der Waals surface area contributed by atoms with Crippen LogP contribution in [0.4, 0.5) is 0 Å². The van der Waals surface area contributed by atoms with Gasteiger partial charge in [-0.15, -0.1) is 11.8 Å². The number of aliphatic hydroxyl groups is 1. The zero-order valence-corrected chi connectivity index (χ0v) is 10.5. The first-order valence-corrected chi connectivity index (χ1v) is 7.21. The van der Waals surface area contributed by atoms with Gasteiger partial charge in [0.25, 0.3) is 0 Å². The molecular formula is C14H20OS. The smallest absolute Gasteiger partial charge is 0.0568 e. The van der Waals surface area contributed by atoms with Crippen LogP contribution >= 0.6 is 11.8 Å². The minimum absolute atomic E-state index is 0.0369. The van der Waals surface area contributed by atoms with Gasteiger partial charge in [-0.2, -0.15) is 0 Å². The summed E-state index contributed by atoms with van der Waals surface area (Å²) in [6.45, 7) is 0. The second-order valence-electron chi connectivity index (χ2n) is 4.56. The highest BCUT2D eigenvalue weighted by atomic mass is 32.2. The Morgan fingerprint density at radius 2 is 1.88 bits per heavy atom. The Morgan fingerprint density at radius 3 is 2.62 bits per heavy atom. The van der Waals surface area contributed by atoms with Crippen molar-refractivity contribution >= 4 is 11.8 Å². The van der Waals surface area contributed by atoms with Crippen molar-refractivity contribution in [1.29, 1.82) is 0 Å². The van der Waals surface area contributed by atoms with Crippen molar-refractivity contribution in [3.8, 4) is 0 Å². The summed E-state index contributed by atoms with van der Waals surface area (Å²) in [5.74, 6) is 1.68. The highest BCUT2D eigenvalue weighted by Gasteiger charge is 2.22. The van der Waals surface area contributed by atoms with Crippen LogP contribution in [0.3, 0.4) is 0 Å². The van der Waals surface area contributed by atoms with Crippen LogP contribution in [-0.4, -0.2) is 17.0 Å². The van der Waals surface area contributed by atoms with Crippen molar-refractivity contribution in [1.82, 2.24) is 0 Å². The predicted molar refractivity (Wildman–Crippen MR) is 69.7 cm³/mol. The molecule has 16 heavy (non-hydrogen) atoms. The zero-order chi connectivity index (χ0) is 11.2. The summed E-state index contributed by atoms with van der Waals surface area (Å²) >= 11 is 1.90. The lowest BCUT2D eigenvalue weighted by Crippen LogP contribution is -2.24. The molecule has 2 rings (SSSR count). The van der Waals surface area contributed by atoms with Crippen molar-refractivity contribution < 1.29 is 5.11 Å². The minimum atomic E-state index is -0.0369. The molecule has 0 saturated heterocycles. The lowest BCUT2D eigenvalue weighted by molar-refractivity contribution is 0.0685. The average molecular weight is 236 g/mol. The predicted octanol–water partition coefficient (Wildman–Crippen LogP) is 3.72. The van der Waals surface area contributed by atoms with E-state index < -0.39 is 0 Å². The van der Waals surface area contributed by atoms with Crippen LogP contribution < -0.4 is 0 Å². The molecule has 0 amide bonds. The molecule has 1 saturated carbocycles. The maximum atomic E-state index is 9.86. The number of aliphatic hydroxyl groups excluding tert-OH is 1. The Hall–Kier alpha value is -0.470. The van der Waals surface area contributed by atoms with E-state index in [1.807, 2.05) is 11.8 Å². The van der Waals surface area contributed by atoms with Gasteiger partial charge >= 0.3 is 0 Å². The van der Waals surface area contributed by atoms with Crippen molar-refractivity contribution in [2.24, 2.45) is 5.92 Å². The Balaban J connectivity index is 1.71. The van der Waals surface area contributed by atoms with Gasteiger partial charge < -0.3 is 5.11 Å². The summed E-state index contributed by atoms with van der Waals surface area (Å²) in [5, 5.41) is 9.86. The first-order valence-electron chi connectivity index (χ1n) is 6.22. The molecule has 1 N–H and O–H groups in total. The molecule has 2 atom stereocenters. The molecule has 0 bridgehead atoms. The third kappa shape index (κ3) is 3.53. The van der Waals surface area contributed by atoms with E-state index in [0.717, 1.165) is 18.6 Å². The normalized spacial score (nSPS) is 25.6. The molecule has 2 unspecified atom stereocenters. The molecule has 0 radical (unpaired) electrons. The van der Waals surface area contributed by atoms with Crippen LogP contribution in [0.25, 0.3) is 0 Å². The largest absolute Gasteiger partial charge is 0.393 e. The second-order valence-corrected chi connectivity index (χ2v) is 5.73. The second kappa shape index (κ2) is 6.31. The van der Waals surface area contributed by atoms with Crippen molar-refractivity contribution in [3.05, 3.63) is 30.3 Å². The third-order valence-corrected chi connectivity index (χ3v) is 4.41. The molecule has 1 nitrogen and oxygen atoms in total. The van der Waals surface area contributed by atoms with E-state index in [2.05, 4.69) is 30.3 Å². The fourth-order valence-corrected chi connectivity index (χ4v) is 3.38. The lowest BCUT2D eigenvalue weighted by atomic mass is 9.85. The topological polar surface area (TPSA) is 20.2 Å². The van der Waals surface area contributed by atoms with Crippen LogP contribution in [0.15, 0.2) is 35.2 Å². The monoisotopic (exact) mass is 236 g/mol. The molecule has 0 spiro atoms. The number of hydrogen-bond acceptors (Lipinski definition) is 2. The first kappa shape index (κ1) is 12.0. The summed E-state index contributed by atoms with van der Waals surface area (Å²) in [6, 6.07) is 10.5. The van der Waals surface area contributed by atoms with Gasteiger partial charge in [-0.25, -0.2) is 0 Å². The molecule has 1 aliphatic carbocycles. The fourth-order valence-electron chi connectivity index (χ4n) is 2.37. The zero-order valence-electron chi connectivity index (χ0n) is 9.64. The standard InChI is InChI=1S/C14H20OS/c15-14-9-5-4-6-12(14)10-11-16-13-7-2-1-3-8-13/h1-3,7-8,12,14-15H,4-6,9-11H2. The SMILES string of the molecule is OC1CCCCC1CCSc1ccccc1. The van der Waals surface area contributed by atoms with Crippen LogP contribution in [-0.2, 0) is 0 Å². The molecule has 0 heterocycles. The molecule has 0 aromatic heterocycles. The summed E-state index contributed by atoms with van der Waals surface area (Å²) in [4.78, 5) is 1.34. The van der Waals surface area contributed by atoms with Gasteiger partial charge in [-0.3, -0.25) is 0 Å². The quantitative estimate of drug-likeness (QED) is 0.804. The van der Waals surface area contributed by atoms with E-state index in [1.54, 1.807) is 0 Å². The van der Waals surface area contributed by atoms with E-state index in [9.17, 15) is 5.11 Å². The van der Waals surface area contributed by atoms with Crippen LogP contribution in [0.5, 0.6) is 0 Å². The summed E-state index contributed by atoms with van der Waals surface area (Å²) in [5.41, 5.74) is 0. The van der Waals surface area contributed by atoms with E-state index in [-0.39, 0.29) is 6.10 Å². The molecule has 1 aromatic rings. The van der Waals surface area contributed by atoms with Gasteiger partial charge in [0.1, 0.15) is 0 Å². The molecule has 2 heteroatoms. The molecular weight excluding hydrogens is 216 g/mol. The van der Waals surface area contributed by atoms with Crippen molar-refractivity contribution in [2.75, 3.05) is 5.75 Å². The minimum Gasteiger partial charge on any atom is -0.393 e. The van der Waals surface area contributed by atoms with Gasteiger partial charge in [-0.1, -0.05) is 31.0 Å². The van der Waals surface area contributed by atoms with Crippen LogP contribution in [0.2, 0.25) is 0 Å². The van der Waals surface area contributed by atoms with Gasteiger partial charge in [-0.05, 0) is 43.1 Å². The Bertz CT molecular complexity index is 299. The van der Waals surface area contributed by atoms with E-state index in [1.165, 1.54) is 24.2 Å². The molecule has 88 valence electrons. The van der Waals surface area contributed by atoms with E-state index in [4.69, 9.17) is 0 Å². The highest BCUT2D eigenvalue weighted by molar-refractivity contribution is 7.99. The first-order chi connectivity index (χ1) is 7.86. The van der Waals surface area contributed by atoms with Crippen LogP contribution in [0, 0.1) is 5.92 Å². The number of rotatable bonds is 4. The van der Waals surface area contributed by atoms with Gasteiger partial charge in [0.2, 0.25) is 0 Å². The number of hydrogen-bond donors (Lipinski definition) is 1. The third-order valence-electron chi connectivity index (χ3n) is 3.37. The summed E-state index contributed by atoms with van der Waals surface area (Å²) in [6.07, 6.45) is 5.87. The molecule has 1 aliphatic rings. The van der Waals surface area contributed by atoms with Crippen LogP contribution in [0.1, 0.15) is 32.1 Å². The summed E-state index contributed by atoms with van der Waals surface area (Å²) in [7, 11) is 0. The Kier molecular flexibility index (Phi) is 4.73. The van der Waals surface area contributed by atoms with Crippen molar-refractivity contribution in [3.63, 3.8) is 0 Å². The molecule has 0 aliphatic heterocycles. The number of thioether (sulfide) groups is 1. The highest BCUT2D eigenvalue weighted by Crippen LogP contribution is 2.29. The Morgan fingerprint density at radius 1 is 1.12 bits per heavy atom. The molecule has 1 fully saturated rings. The van der Waals surface area contributed by atoms with Gasteiger partial charge in [0.15, 0.2) is 0 Å². The van der Waals surface area contributed by atoms with E-state index >= 15 is 0 Å². The van der Waals surface area contributed by atoms with Gasteiger partial charge in [0.05, 0.1) is 6.10 Å². The maximum absolute atomic E-state index is 9.86. The lowest BCUT2D eigenvalue weighted by Gasteiger charge is -2.27. The fraction of sp³-hybridized carbons (Fsp3) is 0.571. The van der Waals surface area contributed by atoms with Crippen molar-refractivity contribution in [2.45, 2.75) is 43.1 Å². The average Bonchev–Trinajstić information content (AvgIpc) is 2.33. The molecule has 1 aromatic carbocycles. The maximum Gasteiger partial charge on any atom is 0.0568 e. The van der Waals surface area contributed by atoms with E-state index in [0.29, 0.717) is 5.92 Å².